The van der Waals surface area contributed by atoms with Crippen LogP contribution in [0.2, 0.25) is 0 Å². The summed E-state index contributed by atoms with van der Waals surface area (Å²) in [4.78, 5) is 17.4. The van der Waals surface area contributed by atoms with E-state index in [1.807, 2.05) is 43.3 Å². The zero-order valence-electron chi connectivity index (χ0n) is 17.4. The summed E-state index contributed by atoms with van der Waals surface area (Å²) >= 11 is 10.4. The Hall–Kier alpha value is -2.81. The van der Waals surface area contributed by atoms with Gasteiger partial charge in [0.2, 0.25) is 0 Å². The number of aromatic nitrogens is 1. The van der Waals surface area contributed by atoms with Crippen molar-refractivity contribution >= 4 is 66.4 Å². The van der Waals surface area contributed by atoms with E-state index in [0.29, 0.717) is 17.9 Å². The van der Waals surface area contributed by atoms with E-state index in [1.54, 1.807) is 23.5 Å². The molecular formula is C24H20BrN3O2S2. The number of fused-ring (bicyclic) bond motifs is 1. The van der Waals surface area contributed by atoms with E-state index < -0.39 is 0 Å². The van der Waals surface area contributed by atoms with Gasteiger partial charge < -0.3 is 10.1 Å². The second kappa shape index (κ2) is 9.77. The summed E-state index contributed by atoms with van der Waals surface area (Å²) in [5.74, 6) is 0.167. The maximum Gasteiger partial charge on any atom is 0.261 e. The summed E-state index contributed by atoms with van der Waals surface area (Å²) in [5.41, 5.74) is 4.43. The first-order valence-electron chi connectivity index (χ1n) is 9.95. The summed E-state index contributed by atoms with van der Waals surface area (Å²) in [5, 5.41) is 6.93. The van der Waals surface area contributed by atoms with Crippen LogP contribution in [0.25, 0.3) is 20.8 Å². The van der Waals surface area contributed by atoms with Gasteiger partial charge in [0.1, 0.15) is 10.8 Å². The Balaban J connectivity index is 1.43. The molecular weight excluding hydrogens is 506 g/mol. The number of rotatable bonds is 5. The van der Waals surface area contributed by atoms with E-state index in [2.05, 4.69) is 45.6 Å². The molecule has 0 radical (unpaired) electrons. The molecule has 0 spiro atoms. The summed E-state index contributed by atoms with van der Waals surface area (Å²) in [6.45, 7) is 4.41. The van der Waals surface area contributed by atoms with Crippen LogP contribution in [0.3, 0.4) is 0 Å². The standard InChI is InChI=1S/C24H20BrN3O2S2/c1-3-30-20-11-7-16(25)13-18(20)22(29)28-24(31)26-17-8-5-15(6-9-17)23-27-19-10-4-14(2)12-21(19)32-23/h4-13H,3H2,1-2H3,(H2,26,28,29,31). The second-order valence-corrected chi connectivity index (χ2v) is 9.40. The Labute approximate surface area is 204 Å². The highest BCUT2D eigenvalue weighted by molar-refractivity contribution is 9.10. The van der Waals surface area contributed by atoms with Gasteiger partial charge >= 0.3 is 0 Å². The first-order chi connectivity index (χ1) is 15.4. The zero-order valence-corrected chi connectivity index (χ0v) is 20.7. The lowest BCUT2D eigenvalue weighted by atomic mass is 10.2. The zero-order chi connectivity index (χ0) is 22.7. The SMILES string of the molecule is CCOc1ccc(Br)cc1C(=O)NC(=S)Nc1ccc(-c2nc3ccc(C)cc3s2)cc1. The number of ether oxygens (including phenoxy) is 1. The molecule has 0 bridgehead atoms. The molecule has 0 fully saturated rings. The number of nitrogens with one attached hydrogen (secondary N) is 2. The Morgan fingerprint density at radius 2 is 1.91 bits per heavy atom. The van der Waals surface area contributed by atoms with Crippen LogP contribution in [0, 0.1) is 6.92 Å². The summed E-state index contributed by atoms with van der Waals surface area (Å²) < 4.78 is 7.50. The van der Waals surface area contributed by atoms with Gasteiger partial charge in [-0.05, 0) is 86.2 Å². The molecule has 0 saturated heterocycles. The number of amides is 1. The lowest BCUT2D eigenvalue weighted by Crippen LogP contribution is -2.34. The number of hydrogen-bond donors (Lipinski definition) is 2. The van der Waals surface area contributed by atoms with E-state index in [9.17, 15) is 4.79 Å². The largest absolute Gasteiger partial charge is 0.493 e. The highest BCUT2D eigenvalue weighted by Crippen LogP contribution is 2.31. The number of hydrogen-bond acceptors (Lipinski definition) is 5. The molecule has 4 aromatic rings. The first-order valence-corrected chi connectivity index (χ1v) is 12.0. The van der Waals surface area contributed by atoms with Crippen LogP contribution < -0.4 is 15.4 Å². The van der Waals surface area contributed by atoms with Gasteiger partial charge in [0.05, 0.1) is 22.4 Å². The molecule has 0 aliphatic carbocycles. The van der Waals surface area contributed by atoms with Crippen LogP contribution >= 0.6 is 39.5 Å². The van der Waals surface area contributed by atoms with Gasteiger partial charge in [-0.3, -0.25) is 10.1 Å². The van der Waals surface area contributed by atoms with Crippen LogP contribution in [0.5, 0.6) is 5.75 Å². The van der Waals surface area contributed by atoms with Crippen molar-refractivity contribution in [1.29, 1.82) is 0 Å². The first kappa shape index (κ1) is 22.4. The molecule has 1 amide bonds. The van der Waals surface area contributed by atoms with Crippen molar-refractivity contribution < 1.29 is 9.53 Å². The average Bonchev–Trinajstić information content (AvgIpc) is 3.18. The van der Waals surface area contributed by atoms with E-state index in [0.717, 1.165) is 26.2 Å². The lowest BCUT2D eigenvalue weighted by molar-refractivity contribution is 0.0974. The van der Waals surface area contributed by atoms with Gasteiger partial charge in [-0.25, -0.2) is 4.98 Å². The molecule has 1 heterocycles. The van der Waals surface area contributed by atoms with Crippen molar-refractivity contribution in [3.05, 3.63) is 76.3 Å². The fourth-order valence-electron chi connectivity index (χ4n) is 3.15. The topological polar surface area (TPSA) is 63.2 Å². The van der Waals surface area contributed by atoms with Crippen LogP contribution in [0.15, 0.2) is 65.1 Å². The minimum atomic E-state index is -0.339. The molecule has 162 valence electrons. The number of nitrogens with zero attached hydrogens (tertiary/aromatic N) is 1. The molecule has 5 nitrogen and oxygen atoms in total. The number of aryl methyl sites for hydroxylation is 1. The lowest BCUT2D eigenvalue weighted by Gasteiger charge is -2.13. The Bertz CT molecular complexity index is 1300. The average molecular weight is 526 g/mol. The Kier molecular flexibility index (Phi) is 6.83. The van der Waals surface area contributed by atoms with E-state index in [1.165, 1.54) is 10.3 Å². The molecule has 0 atom stereocenters. The molecule has 0 aliphatic rings. The predicted octanol–water partition coefficient (Wildman–Crippen LogP) is 6.56. The monoisotopic (exact) mass is 525 g/mol. The summed E-state index contributed by atoms with van der Waals surface area (Å²) in [6, 6.07) is 19.3. The van der Waals surface area contributed by atoms with Crippen LogP contribution in [-0.2, 0) is 0 Å². The number of thiazole rings is 1. The number of halogens is 1. The van der Waals surface area contributed by atoms with Crippen molar-refractivity contribution in [2.24, 2.45) is 0 Å². The van der Waals surface area contributed by atoms with E-state index in [4.69, 9.17) is 21.9 Å². The number of anilines is 1. The minimum absolute atomic E-state index is 0.209. The fraction of sp³-hybridized carbons (Fsp3) is 0.125. The van der Waals surface area contributed by atoms with Crippen molar-refractivity contribution in [2.75, 3.05) is 11.9 Å². The number of benzene rings is 3. The van der Waals surface area contributed by atoms with Gasteiger partial charge in [0, 0.05) is 15.7 Å². The molecule has 0 aliphatic heterocycles. The normalized spacial score (nSPS) is 10.7. The minimum Gasteiger partial charge on any atom is -0.493 e. The third kappa shape index (κ3) is 5.15. The number of carbonyl (C=O) groups excluding carboxylic acids is 1. The molecule has 0 unspecified atom stereocenters. The quantitative estimate of drug-likeness (QED) is 0.289. The van der Waals surface area contributed by atoms with Gasteiger partial charge in [0.25, 0.3) is 5.91 Å². The van der Waals surface area contributed by atoms with E-state index >= 15 is 0 Å². The van der Waals surface area contributed by atoms with E-state index in [-0.39, 0.29) is 11.0 Å². The van der Waals surface area contributed by atoms with Crippen molar-refractivity contribution in [3.8, 4) is 16.3 Å². The van der Waals surface area contributed by atoms with Gasteiger partial charge in [-0.1, -0.05) is 22.0 Å². The number of carbonyl (C=O) groups is 1. The maximum absolute atomic E-state index is 12.7. The maximum atomic E-state index is 12.7. The smallest absolute Gasteiger partial charge is 0.261 e. The molecule has 3 aromatic carbocycles. The summed E-state index contributed by atoms with van der Waals surface area (Å²) in [7, 11) is 0. The highest BCUT2D eigenvalue weighted by Gasteiger charge is 2.15. The fourth-order valence-corrected chi connectivity index (χ4v) is 4.79. The van der Waals surface area contributed by atoms with Crippen molar-refractivity contribution in [1.82, 2.24) is 10.3 Å². The Morgan fingerprint density at radius 3 is 2.66 bits per heavy atom. The molecule has 8 heteroatoms. The summed E-state index contributed by atoms with van der Waals surface area (Å²) in [6.07, 6.45) is 0. The van der Waals surface area contributed by atoms with Gasteiger partial charge in [0.15, 0.2) is 5.11 Å². The van der Waals surface area contributed by atoms with Crippen molar-refractivity contribution in [3.63, 3.8) is 0 Å². The number of thiocarbonyl (C=S) groups is 1. The molecule has 1 aromatic heterocycles. The van der Waals surface area contributed by atoms with Gasteiger partial charge in [-0.15, -0.1) is 11.3 Å². The third-order valence-electron chi connectivity index (χ3n) is 4.65. The third-order valence-corrected chi connectivity index (χ3v) is 6.41. The van der Waals surface area contributed by atoms with Crippen LogP contribution in [0.1, 0.15) is 22.8 Å². The molecule has 0 saturated carbocycles. The second-order valence-electron chi connectivity index (χ2n) is 7.05. The molecule has 32 heavy (non-hydrogen) atoms. The van der Waals surface area contributed by atoms with Gasteiger partial charge in [-0.2, -0.15) is 0 Å². The molecule has 2 N–H and O–H groups in total. The predicted molar refractivity (Wildman–Crippen MR) is 139 cm³/mol. The van der Waals surface area contributed by atoms with Crippen LogP contribution in [-0.4, -0.2) is 22.6 Å². The van der Waals surface area contributed by atoms with Crippen LogP contribution in [0.4, 0.5) is 5.69 Å². The van der Waals surface area contributed by atoms with Crippen molar-refractivity contribution in [2.45, 2.75) is 13.8 Å². The molecule has 4 rings (SSSR count). The Morgan fingerprint density at radius 1 is 1.12 bits per heavy atom. The highest BCUT2D eigenvalue weighted by atomic mass is 79.9.